The predicted octanol–water partition coefficient (Wildman–Crippen LogP) is 3.19. The standard InChI is InChI=1S/C25H39N3O6/c1-9-17(4)20(27-24(32)34-25(5,6)7)23(31)28(16(2)3)21(18-13-11-10-12-14-18)22(30)26-15-19(29)33-8/h10-14,16-17,20-21H,9,15H2,1-8H3,(H,26,30)(H,27,32). The maximum atomic E-state index is 13.9. The van der Waals surface area contributed by atoms with E-state index in [0.717, 1.165) is 0 Å². The number of benzene rings is 1. The van der Waals surface area contributed by atoms with Crippen molar-refractivity contribution in [1.82, 2.24) is 15.5 Å². The van der Waals surface area contributed by atoms with Crippen molar-refractivity contribution >= 4 is 23.9 Å². The summed E-state index contributed by atoms with van der Waals surface area (Å²) in [7, 11) is 1.23. The van der Waals surface area contributed by atoms with E-state index in [4.69, 9.17) is 4.74 Å². The fraction of sp³-hybridized carbons (Fsp3) is 0.600. The zero-order valence-electron chi connectivity index (χ0n) is 21.5. The van der Waals surface area contributed by atoms with Crippen LogP contribution in [0.5, 0.6) is 0 Å². The van der Waals surface area contributed by atoms with Crippen molar-refractivity contribution in [2.24, 2.45) is 5.92 Å². The summed E-state index contributed by atoms with van der Waals surface area (Å²) in [6.07, 6.45) is -0.0934. The molecule has 0 aromatic heterocycles. The molecule has 34 heavy (non-hydrogen) atoms. The van der Waals surface area contributed by atoms with Gasteiger partial charge in [0.1, 0.15) is 24.2 Å². The molecule has 1 rings (SSSR count). The van der Waals surface area contributed by atoms with Crippen LogP contribution in [0.4, 0.5) is 4.79 Å². The first-order valence-corrected chi connectivity index (χ1v) is 11.5. The molecule has 0 aliphatic carbocycles. The van der Waals surface area contributed by atoms with Crippen molar-refractivity contribution in [2.45, 2.75) is 78.6 Å². The van der Waals surface area contributed by atoms with Crippen LogP contribution in [0.2, 0.25) is 0 Å². The number of hydrogen-bond donors (Lipinski definition) is 2. The third-order valence-corrected chi connectivity index (χ3v) is 5.24. The highest BCUT2D eigenvalue weighted by atomic mass is 16.6. The number of nitrogens with one attached hydrogen (secondary N) is 2. The van der Waals surface area contributed by atoms with E-state index in [-0.39, 0.29) is 12.5 Å². The molecular formula is C25H39N3O6. The fourth-order valence-corrected chi connectivity index (χ4v) is 3.36. The third kappa shape index (κ3) is 8.68. The quantitative estimate of drug-likeness (QED) is 0.500. The molecule has 0 fully saturated rings. The van der Waals surface area contributed by atoms with E-state index in [1.807, 2.05) is 13.8 Å². The van der Waals surface area contributed by atoms with Crippen LogP contribution in [0.25, 0.3) is 0 Å². The molecule has 0 aliphatic rings. The van der Waals surface area contributed by atoms with E-state index in [1.165, 1.54) is 12.0 Å². The van der Waals surface area contributed by atoms with Crippen molar-refractivity contribution in [2.75, 3.05) is 13.7 Å². The molecule has 0 saturated heterocycles. The number of nitrogens with zero attached hydrogens (tertiary/aromatic N) is 1. The van der Waals surface area contributed by atoms with Crippen molar-refractivity contribution in [3.8, 4) is 0 Å². The summed E-state index contributed by atoms with van der Waals surface area (Å²) < 4.78 is 9.99. The molecule has 3 unspecified atom stereocenters. The molecular weight excluding hydrogens is 438 g/mol. The van der Waals surface area contributed by atoms with Crippen molar-refractivity contribution < 1.29 is 28.7 Å². The zero-order chi connectivity index (χ0) is 26.1. The Kier molecular flexibility index (Phi) is 11.0. The van der Waals surface area contributed by atoms with Crippen molar-refractivity contribution in [1.29, 1.82) is 0 Å². The number of hydrogen-bond acceptors (Lipinski definition) is 6. The Morgan fingerprint density at radius 2 is 1.62 bits per heavy atom. The van der Waals surface area contributed by atoms with Gasteiger partial charge >= 0.3 is 12.1 Å². The van der Waals surface area contributed by atoms with Crippen LogP contribution in [0.15, 0.2) is 30.3 Å². The Labute approximate surface area is 202 Å². The van der Waals surface area contributed by atoms with Gasteiger partial charge in [0.05, 0.1) is 7.11 Å². The number of methoxy groups -OCH3 is 1. The molecule has 9 nitrogen and oxygen atoms in total. The largest absolute Gasteiger partial charge is 0.468 e. The summed E-state index contributed by atoms with van der Waals surface area (Å²) >= 11 is 0. The Hall–Kier alpha value is -3.10. The summed E-state index contributed by atoms with van der Waals surface area (Å²) in [5.74, 6) is -1.78. The number of alkyl carbamates (subject to hydrolysis) is 1. The molecule has 2 N–H and O–H groups in total. The van der Waals surface area contributed by atoms with Gasteiger partial charge in [-0.05, 0) is 46.1 Å². The topological polar surface area (TPSA) is 114 Å². The van der Waals surface area contributed by atoms with E-state index < -0.39 is 47.6 Å². The summed E-state index contributed by atoms with van der Waals surface area (Å²) in [4.78, 5) is 52.7. The first-order chi connectivity index (χ1) is 15.8. The van der Waals surface area contributed by atoms with E-state index >= 15 is 0 Å². The summed E-state index contributed by atoms with van der Waals surface area (Å²) in [5.41, 5.74) is -0.155. The predicted molar refractivity (Wildman–Crippen MR) is 129 cm³/mol. The number of ether oxygens (including phenoxy) is 2. The molecule has 3 amide bonds. The zero-order valence-corrected chi connectivity index (χ0v) is 21.5. The van der Waals surface area contributed by atoms with Crippen LogP contribution in [-0.4, -0.2) is 60.1 Å². The van der Waals surface area contributed by atoms with Gasteiger partial charge in [-0.15, -0.1) is 0 Å². The molecule has 1 aromatic carbocycles. The minimum Gasteiger partial charge on any atom is -0.468 e. The van der Waals surface area contributed by atoms with Crippen LogP contribution >= 0.6 is 0 Å². The molecule has 0 heterocycles. The first kappa shape index (κ1) is 28.9. The van der Waals surface area contributed by atoms with E-state index in [2.05, 4.69) is 15.4 Å². The Bertz CT molecular complexity index is 835. The van der Waals surface area contributed by atoms with Crippen LogP contribution in [0, 0.1) is 5.92 Å². The van der Waals surface area contributed by atoms with Crippen LogP contribution in [0.1, 0.15) is 66.5 Å². The number of carbonyl (C=O) groups is 4. The number of esters is 1. The lowest BCUT2D eigenvalue weighted by Gasteiger charge is -2.38. The number of carbonyl (C=O) groups excluding carboxylic acids is 4. The molecule has 0 saturated carbocycles. The second-order valence-corrected chi connectivity index (χ2v) is 9.46. The summed E-state index contributed by atoms with van der Waals surface area (Å²) in [6.45, 7) is 12.2. The van der Waals surface area contributed by atoms with Gasteiger partial charge in [-0.3, -0.25) is 14.4 Å². The van der Waals surface area contributed by atoms with Crippen LogP contribution < -0.4 is 10.6 Å². The molecule has 190 valence electrons. The smallest absolute Gasteiger partial charge is 0.408 e. The lowest BCUT2D eigenvalue weighted by molar-refractivity contribution is -0.146. The van der Waals surface area contributed by atoms with Gasteiger partial charge in [0.15, 0.2) is 0 Å². The lowest BCUT2D eigenvalue weighted by Crippen LogP contribution is -2.57. The van der Waals surface area contributed by atoms with Crippen molar-refractivity contribution in [3.63, 3.8) is 0 Å². The van der Waals surface area contributed by atoms with Crippen LogP contribution in [-0.2, 0) is 23.9 Å². The molecule has 1 aromatic rings. The minimum absolute atomic E-state index is 0.226. The highest BCUT2D eigenvalue weighted by Crippen LogP contribution is 2.26. The molecule has 0 bridgehead atoms. The normalized spacial score (nSPS) is 13.9. The summed E-state index contributed by atoms with van der Waals surface area (Å²) in [6, 6.07) is 6.49. The SMILES string of the molecule is CCC(C)C(NC(=O)OC(C)(C)C)C(=O)N(C(C)C)C(C(=O)NCC(=O)OC)c1ccccc1. The molecule has 0 aliphatic heterocycles. The van der Waals surface area contributed by atoms with Gasteiger partial charge in [0, 0.05) is 6.04 Å². The highest BCUT2D eigenvalue weighted by Gasteiger charge is 2.39. The maximum Gasteiger partial charge on any atom is 0.408 e. The first-order valence-electron chi connectivity index (χ1n) is 11.5. The van der Waals surface area contributed by atoms with Gasteiger partial charge in [0.2, 0.25) is 11.8 Å². The molecule has 0 radical (unpaired) electrons. The Morgan fingerprint density at radius 3 is 2.09 bits per heavy atom. The van der Waals surface area contributed by atoms with E-state index in [1.54, 1.807) is 65.0 Å². The van der Waals surface area contributed by atoms with E-state index in [9.17, 15) is 19.2 Å². The van der Waals surface area contributed by atoms with Gasteiger partial charge in [-0.2, -0.15) is 0 Å². The van der Waals surface area contributed by atoms with Gasteiger partial charge < -0.3 is 25.0 Å². The van der Waals surface area contributed by atoms with Crippen molar-refractivity contribution in [3.05, 3.63) is 35.9 Å². The summed E-state index contributed by atoms with van der Waals surface area (Å²) in [5, 5.41) is 5.26. The lowest BCUT2D eigenvalue weighted by atomic mass is 9.95. The average Bonchev–Trinajstić information content (AvgIpc) is 2.77. The second-order valence-electron chi connectivity index (χ2n) is 9.46. The fourth-order valence-electron chi connectivity index (χ4n) is 3.36. The third-order valence-electron chi connectivity index (χ3n) is 5.24. The maximum absolute atomic E-state index is 13.9. The number of rotatable bonds is 10. The molecule has 9 heteroatoms. The molecule has 0 spiro atoms. The average molecular weight is 478 g/mol. The monoisotopic (exact) mass is 477 g/mol. The number of amides is 3. The Morgan fingerprint density at radius 1 is 1.03 bits per heavy atom. The minimum atomic E-state index is -1.02. The highest BCUT2D eigenvalue weighted by molar-refractivity contribution is 5.93. The van der Waals surface area contributed by atoms with Crippen LogP contribution in [0.3, 0.4) is 0 Å². The Balaban J connectivity index is 3.40. The molecule has 3 atom stereocenters. The van der Waals surface area contributed by atoms with E-state index in [0.29, 0.717) is 12.0 Å². The van der Waals surface area contributed by atoms with Gasteiger partial charge in [-0.25, -0.2) is 4.79 Å². The van der Waals surface area contributed by atoms with Gasteiger partial charge in [-0.1, -0.05) is 50.6 Å². The second kappa shape index (κ2) is 13.0. The van der Waals surface area contributed by atoms with Gasteiger partial charge in [0.25, 0.3) is 0 Å².